The predicted octanol–water partition coefficient (Wildman–Crippen LogP) is 4.66. The molecule has 0 aliphatic carbocycles. The van der Waals surface area contributed by atoms with E-state index in [0.29, 0.717) is 12.8 Å². The van der Waals surface area contributed by atoms with E-state index in [4.69, 9.17) is 0 Å². The lowest BCUT2D eigenvalue weighted by atomic mass is 10.1. The fourth-order valence-electron chi connectivity index (χ4n) is 3.34. The van der Waals surface area contributed by atoms with E-state index in [2.05, 4.69) is 69.6 Å². The Hall–Kier alpha value is -3.40. The van der Waals surface area contributed by atoms with Gasteiger partial charge in [-0.05, 0) is 35.7 Å². The standard InChI is InChI=1S/C23H21N3O/c27-23(25-20-9-6-14-24-15-20)13-12-19-17-26(16-18-7-2-1-3-8-18)22-11-5-4-10-21(19)22/h1-11,14-15,17H,12-13,16H2,(H,25,27). The van der Waals surface area contributed by atoms with Crippen LogP contribution in [0.25, 0.3) is 10.9 Å². The van der Waals surface area contributed by atoms with Gasteiger partial charge in [0.15, 0.2) is 0 Å². The molecule has 134 valence electrons. The Morgan fingerprint density at radius 2 is 1.78 bits per heavy atom. The molecule has 2 aromatic heterocycles. The Balaban J connectivity index is 1.51. The summed E-state index contributed by atoms with van der Waals surface area (Å²) in [6, 6.07) is 22.5. The molecule has 4 heteroatoms. The van der Waals surface area contributed by atoms with Crippen LogP contribution >= 0.6 is 0 Å². The second-order valence-electron chi connectivity index (χ2n) is 6.57. The molecule has 1 N–H and O–H groups in total. The van der Waals surface area contributed by atoms with Crippen LogP contribution in [0.2, 0.25) is 0 Å². The first-order chi connectivity index (χ1) is 13.3. The summed E-state index contributed by atoms with van der Waals surface area (Å²) in [5, 5.41) is 4.11. The zero-order valence-corrected chi connectivity index (χ0v) is 15.0. The second-order valence-corrected chi connectivity index (χ2v) is 6.57. The molecule has 0 unspecified atom stereocenters. The summed E-state index contributed by atoms with van der Waals surface area (Å²) in [6.07, 6.45) is 6.67. The summed E-state index contributed by atoms with van der Waals surface area (Å²) >= 11 is 0. The second kappa shape index (κ2) is 7.87. The number of nitrogens with zero attached hydrogens (tertiary/aromatic N) is 2. The number of amides is 1. The lowest BCUT2D eigenvalue weighted by Gasteiger charge is -2.05. The number of carbonyl (C=O) groups is 1. The van der Waals surface area contributed by atoms with Gasteiger partial charge in [-0.2, -0.15) is 0 Å². The molecule has 27 heavy (non-hydrogen) atoms. The number of nitrogens with one attached hydrogen (secondary N) is 1. The summed E-state index contributed by atoms with van der Waals surface area (Å²) in [5.74, 6) is 0.00268. The van der Waals surface area contributed by atoms with Gasteiger partial charge in [0, 0.05) is 36.3 Å². The molecule has 0 atom stereocenters. The highest BCUT2D eigenvalue weighted by Crippen LogP contribution is 2.23. The van der Waals surface area contributed by atoms with Crippen molar-refractivity contribution in [2.75, 3.05) is 5.32 Å². The summed E-state index contributed by atoms with van der Waals surface area (Å²) in [4.78, 5) is 16.3. The van der Waals surface area contributed by atoms with E-state index >= 15 is 0 Å². The average Bonchev–Trinajstić information content (AvgIpc) is 3.06. The van der Waals surface area contributed by atoms with Crippen LogP contribution in [0.4, 0.5) is 5.69 Å². The highest BCUT2D eigenvalue weighted by molar-refractivity contribution is 5.91. The van der Waals surface area contributed by atoms with Crippen LogP contribution < -0.4 is 5.32 Å². The fraction of sp³-hybridized carbons (Fsp3) is 0.130. The van der Waals surface area contributed by atoms with E-state index in [9.17, 15) is 4.79 Å². The van der Waals surface area contributed by atoms with Crippen molar-refractivity contribution in [2.24, 2.45) is 0 Å². The van der Waals surface area contributed by atoms with Crippen molar-refractivity contribution in [1.82, 2.24) is 9.55 Å². The Labute approximate surface area is 158 Å². The first-order valence-corrected chi connectivity index (χ1v) is 9.10. The van der Waals surface area contributed by atoms with Crippen molar-refractivity contribution >= 4 is 22.5 Å². The van der Waals surface area contributed by atoms with Crippen molar-refractivity contribution in [3.63, 3.8) is 0 Å². The van der Waals surface area contributed by atoms with Crippen molar-refractivity contribution in [1.29, 1.82) is 0 Å². The third-order valence-corrected chi connectivity index (χ3v) is 4.63. The number of anilines is 1. The third kappa shape index (κ3) is 4.06. The molecule has 2 aromatic carbocycles. The minimum atomic E-state index is 0.00268. The molecular formula is C23H21N3O. The van der Waals surface area contributed by atoms with Crippen molar-refractivity contribution in [3.05, 3.63) is 96.4 Å². The van der Waals surface area contributed by atoms with Crippen LogP contribution in [-0.2, 0) is 17.8 Å². The van der Waals surface area contributed by atoms with Gasteiger partial charge in [-0.3, -0.25) is 9.78 Å². The zero-order chi connectivity index (χ0) is 18.5. The molecule has 0 aliphatic rings. The van der Waals surface area contributed by atoms with Gasteiger partial charge >= 0.3 is 0 Å². The molecule has 1 amide bonds. The predicted molar refractivity (Wildman–Crippen MR) is 109 cm³/mol. The van der Waals surface area contributed by atoms with Crippen molar-refractivity contribution in [2.45, 2.75) is 19.4 Å². The van der Waals surface area contributed by atoms with Gasteiger partial charge < -0.3 is 9.88 Å². The number of carbonyl (C=O) groups excluding carboxylic acids is 1. The van der Waals surface area contributed by atoms with E-state index in [1.165, 1.54) is 22.0 Å². The molecule has 0 spiro atoms. The number of aryl methyl sites for hydroxylation is 1. The SMILES string of the molecule is O=C(CCc1cn(Cc2ccccc2)c2ccccc12)Nc1cccnc1. The molecule has 0 saturated carbocycles. The molecule has 4 rings (SSSR count). The molecule has 0 aliphatic heterocycles. The number of benzene rings is 2. The van der Waals surface area contributed by atoms with Gasteiger partial charge in [0.05, 0.1) is 11.9 Å². The molecule has 0 saturated heterocycles. The molecule has 2 heterocycles. The van der Waals surface area contributed by atoms with E-state index in [0.717, 1.165) is 12.2 Å². The van der Waals surface area contributed by atoms with E-state index in [-0.39, 0.29) is 5.91 Å². The molecule has 0 bridgehead atoms. The fourth-order valence-corrected chi connectivity index (χ4v) is 3.34. The van der Waals surface area contributed by atoms with Crippen LogP contribution in [0.5, 0.6) is 0 Å². The Bertz CT molecular complexity index is 1040. The van der Waals surface area contributed by atoms with Crippen molar-refractivity contribution in [3.8, 4) is 0 Å². The lowest BCUT2D eigenvalue weighted by Crippen LogP contribution is -2.12. The monoisotopic (exact) mass is 355 g/mol. The van der Waals surface area contributed by atoms with E-state index < -0.39 is 0 Å². The molecule has 4 aromatic rings. The van der Waals surface area contributed by atoms with Gasteiger partial charge in [0.25, 0.3) is 0 Å². The quantitative estimate of drug-likeness (QED) is 0.547. The number of pyridine rings is 1. The van der Waals surface area contributed by atoms with Gasteiger partial charge in [-0.25, -0.2) is 0 Å². The normalized spacial score (nSPS) is 10.8. The highest BCUT2D eigenvalue weighted by atomic mass is 16.1. The number of aromatic nitrogens is 2. The molecular weight excluding hydrogens is 334 g/mol. The molecule has 4 nitrogen and oxygen atoms in total. The maximum Gasteiger partial charge on any atom is 0.224 e. The van der Waals surface area contributed by atoms with Crippen LogP contribution in [0.1, 0.15) is 17.5 Å². The summed E-state index contributed by atoms with van der Waals surface area (Å²) in [7, 11) is 0. The van der Waals surface area contributed by atoms with Gasteiger partial charge in [0.2, 0.25) is 5.91 Å². The number of hydrogen-bond acceptors (Lipinski definition) is 2. The largest absolute Gasteiger partial charge is 0.343 e. The van der Waals surface area contributed by atoms with Crippen molar-refractivity contribution < 1.29 is 4.79 Å². The third-order valence-electron chi connectivity index (χ3n) is 4.63. The van der Waals surface area contributed by atoms with Gasteiger partial charge in [-0.1, -0.05) is 48.5 Å². The van der Waals surface area contributed by atoms with Crippen LogP contribution in [0.15, 0.2) is 85.3 Å². The first kappa shape index (κ1) is 17.0. The topological polar surface area (TPSA) is 46.9 Å². The molecule has 0 fully saturated rings. The summed E-state index contributed by atoms with van der Waals surface area (Å²) < 4.78 is 2.26. The Kier molecular flexibility index (Phi) is 4.97. The first-order valence-electron chi connectivity index (χ1n) is 9.10. The zero-order valence-electron chi connectivity index (χ0n) is 15.0. The Morgan fingerprint density at radius 3 is 2.59 bits per heavy atom. The van der Waals surface area contributed by atoms with E-state index in [1.54, 1.807) is 12.4 Å². The number of para-hydroxylation sites is 1. The Morgan fingerprint density at radius 1 is 0.963 bits per heavy atom. The number of rotatable bonds is 6. The van der Waals surface area contributed by atoms with Gasteiger partial charge in [0.1, 0.15) is 0 Å². The maximum atomic E-state index is 12.3. The van der Waals surface area contributed by atoms with E-state index in [1.807, 2.05) is 18.2 Å². The molecule has 0 radical (unpaired) electrons. The number of hydrogen-bond donors (Lipinski definition) is 1. The van der Waals surface area contributed by atoms with Gasteiger partial charge in [-0.15, -0.1) is 0 Å². The minimum Gasteiger partial charge on any atom is -0.343 e. The summed E-state index contributed by atoms with van der Waals surface area (Å²) in [5.41, 5.74) is 4.39. The van der Waals surface area contributed by atoms with Crippen LogP contribution in [0.3, 0.4) is 0 Å². The maximum absolute atomic E-state index is 12.3. The smallest absolute Gasteiger partial charge is 0.224 e. The van der Waals surface area contributed by atoms with Crippen LogP contribution in [0, 0.1) is 0 Å². The number of fused-ring (bicyclic) bond motifs is 1. The minimum absolute atomic E-state index is 0.00268. The average molecular weight is 355 g/mol. The van der Waals surface area contributed by atoms with Crippen LogP contribution in [-0.4, -0.2) is 15.5 Å². The lowest BCUT2D eigenvalue weighted by molar-refractivity contribution is -0.116. The highest BCUT2D eigenvalue weighted by Gasteiger charge is 2.10. The summed E-state index contributed by atoms with van der Waals surface area (Å²) in [6.45, 7) is 0.823.